The Morgan fingerprint density at radius 2 is 1.87 bits per heavy atom. The van der Waals surface area contributed by atoms with Crippen molar-refractivity contribution < 1.29 is 31.9 Å². The minimum Gasteiger partial charge on any atom is -0.480 e. The van der Waals surface area contributed by atoms with Crippen LogP contribution in [0.25, 0.3) is 0 Å². The number of guanidine groups is 1. The number of amides is 1. The molecule has 0 fully saturated rings. The van der Waals surface area contributed by atoms with Crippen LogP contribution in [0.4, 0.5) is 14.5 Å². The highest BCUT2D eigenvalue weighted by molar-refractivity contribution is 7.89. The van der Waals surface area contributed by atoms with Gasteiger partial charge in [0.15, 0.2) is 17.6 Å². The van der Waals surface area contributed by atoms with E-state index in [1.54, 1.807) is 12.1 Å². The van der Waals surface area contributed by atoms with Gasteiger partial charge in [0.2, 0.25) is 10.0 Å². The van der Waals surface area contributed by atoms with Crippen LogP contribution in [0.2, 0.25) is 0 Å². The number of anilines is 1. The number of rotatable bonds is 8. The van der Waals surface area contributed by atoms with Crippen molar-refractivity contribution in [2.24, 2.45) is 9.98 Å². The zero-order chi connectivity index (χ0) is 28.0. The molecule has 2 aliphatic heterocycles. The number of aliphatic carboxylic acids is 1. The summed E-state index contributed by atoms with van der Waals surface area (Å²) < 4.78 is 56.6. The van der Waals surface area contributed by atoms with Gasteiger partial charge in [-0.15, -0.1) is 0 Å². The lowest BCUT2D eigenvalue weighted by Gasteiger charge is -2.24. The van der Waals surface area contributed by atoms with Crippen molar-refractivity contribution in [3.05, 3.63) is 71.9 Å². The molecule has 2 aliphatic rings. The predicted molar refractivity (Wildman–Crippen MR) is 139 cm³/mol. The molecule has 0 saturated heterocycles. The Balaban J connectivity index is 1.39. The van der Waals surface area contributed by atoms with E-state index in [0.29, 0.717) is 18.3 Å². The van der Waals surface area contributed by atoms with E-state index >= 15 is 0 Å². The number of halogens is 2. The lowest BCUT2D eigenvalue weighted by atomic mass is 10.1. The molecular weight excluding hydrogens is 536 g/mol. The number of nitrogens with one attached hydrogen (secondary N) is 4. The van der Waals surface area contributed by atoms with Gasteiger partial charge in [-0.25, -0.2) is 22.2 Å². The van der Waals surface area contributed by atoms with Crippen molar-refractivity contribution in [2.45, 2.75) is 17.4 Å². The Kier molecular flexibility index (Phi) is 8.51. The summed E-state index contributed by atoms with van der Waals surface area (Å²) in [6, 6.07) is 7.50. The quantitative estimate of drug-likeness (QED) is 0.315. The van der Waals surface area contributed by atoms with E-state index in [1.807, 2.05) is 4.72 Å². The lowest BCUT2D eigenvalue weighted by Crippen LogP contribution is -2.48. The van der Waals surface area contributed by atoms with E-state index in [4.69, 9.17) is 0 Å². The van der Waals surface area contributed by atoms with Gasteiger partial charge in [-0.3, -0.25) is 14.6 Å². The lowest BCUT2D eigenvalue weighted by molar-refractivity contribution is -0.138. The summed E-state index contributed by atoms with van der Waals surface area (Å²) in [6.45, 7) is 0.709. The van der Waals surface area contributed by atoms with Gasteiger partial charge in [-0.2, -0.15) is 4.72 Å². The van der Waals surface area contributed by atoms with Gasteiger partial charge in [0.25, 0.3) is 5.91 Å². The van der Waals surface area contributed by atoms with E-state index in [0.717, 1.165) is 19.0 Å². The fourth-order valence-electron chi connectivity index (χ4n) is 3.65. The molecule has 2 heterocycles. The fourth-order valence-corrected chi connectivity index (χ4v) is 4.86. The van der Waals surface area contributed by atoms with Gasteiger partial charge in [0.1, 0.15) is 18.5 Å². The van der Waals surface area contributed by atoms with E-state index < -0.39 is 51.7 Å². The number of carbonyl (C=O) groups is 2. The first kappa shape index (κ1) is 27.7. The number of sulfonamides is 1. The molecule has 1 amide bonds. The number of benzene rings is 2. The molecule has 0 radical (unpaired) electrons. The van der Waals surface area contributed by atoms with Gasteiger partial charge in [0.05, 0.1) is 16.1 Å². The second kappa shape index (κ2) is 12.0. The van der Waals surface area contributed by atoms with E-state index in [-0.39, 0.29) is 17.3 Å². The second-order valence-corrected chi connectivity index (χ2v) is 10.1. The fraction of sp³-hybridized carbons (Fsp3) is 0.250. The van der Waals surface area contributed by atoms with Gasteiger partial charge in [0, 0.05) is 25.8 Å². The van der Waals surface area contributed by atoms with Gasteiger partial charge in [-0.1, -0.05) is 18.2 Å². The van der Waals surface area contributed by atoms with Crippen LogP contribution in [0.5, 0.6) is 0 Å². The third kappa shape index (κ3) is 6.74. The number of hydrogen-bond donors (Lipinski definition) is 5. The maximum atomic E-state index is 14.9. The molecule has 206 valence electrons. The van der Waals surface area contributed by atoms with Crippen molar-refractivity contribution in [3.8, 4) is 0 Å². The first-order valence-electron chi connectivity index (χ1n) is 11.8. The van der Waals surface area contributed by atoms with Crippen LogP contribution >= 0.6 is 0 Å². The van der Waals surface area contributed by atoms with Crippen LogP contribution in [0.1, 0.15) is 16.8 Å². The Labute approximate surface area is 222 Å². The summed E-state index contributed by atoms with van der Waals surface area (Å²) >= 11 is 0. The molecule has 2 aromatic carbocycles. The average molecular weight is 562 g/mol. The minimum atomic E-state index is -4.22. The highest BCUT2D eigenvalue weighted by atomic mass is 32.2. The van der Waals surface area contributed by atoms with Crippen molar-refractivity contribution in [3.63, 3.8) is 0 Å². The van der Waals surface area contributed by atoms with Crippen LogP contribution in [-0.4, -0.2) is 69.5 Å². The van der Waals surface area contributed by atoms with Crippen molar-refractivity contribution in [1.82, 2.24) is 20.7 Å². The third-order valence-electron chi connectivity index (χ3n) is 5.68. The number of carbonyl (C=O) groups excluding carboxylic acids is 1. The first-order chi connectivity index (χ1) is 18.7. The average Bonchev–Trinajstić information content (AvgIpc) is 2.94. The SMILES string of the molecule is O=C(NC[C@H](NS(=O)(=O)c1ccccc1)C(=O)O)c1ccc(N2C=CC(NC3=NCCCN3)=NC2)c(F)c1F. The molecule has 1 atom stereocenters. The number of carboxylic acids is 1. The Morgan fingerprint density at radius 3 is 2.51 bits per heavy atom. The molecule has 15 heteroatoms. The van der Waals surface area contributed by atoms with E-state index in [1.165, 1.54) is 41.4 Å². The number of hydrogen-bond acceptors (Lipinski definition) is 9. The number of carboxylic acid groups (broad SMARTS) is 1. The molecule has 4 rings (SSSR count). The maximum Gasteiger partial charge on any atom is 0.323 e. The smallest absolute Gasteiger partial charge is 0.323 e. The molecule has 0 aliphatic carbocycles. The van der Waals surface area contributed by atoms with E-state index in [2.05, 4.69) is 25.9 Å². The molecule has 0 unspecified atom stereocenters. The maximum absolute atomic E-state index is 14.9. The molecule has 0 saturated carbocycles. The number of nitrogens with zero attached hydrogens (tertiary/aromatic N) is 3. The summed E-state index contributed by atoms with van der Waals surface area (Å²) in [5.41, 5.74) is -0.852. The molecule has 39 heavy (non-hydrogen) atoms. The third-order valence-corrected chi connectivity index (χ3v) is 7.17. The van der Waals surface area contributed by atoms with Crippen LogP contribution < -0.4 is 25.6 Å². The van der Waals surface area contributed by atoms with Crippen LogP contribution in [0.3, 0.4) is 0 Å². The largest absolute Gasteiger partial charge is 0.480 e. The van der Waals surface area contributed by atoms with Crippen molar-refractivity contribution in [2.75, 3.05) is 31.2 Å². The molecular formula is C24H25F2N7O5S. The predicted octanol–water partition coefficient (Wildman–Crippen LogP) is 0.755. The highest BCUT2D eigenvalue weighted by Gasteiger charge is 2.27. The second-order valence-electron chi connectivity index (χ2n) is 8.40. The van der Waals surface area contributed by atoms with Gasteiger partial charge < -0.3 is 26.0 Å². The molecule has 5 N–H and O–H groups in total. The molecule has 2 aromatic rings. The van der Waals surface area contributed by atoms with Crippen LogP contribution in [0, 0.1) is 11.6 Å². The molecule has 0 aromatic heterocycles. The molecule has 0 bridgehead atoms. The number of amidine groups is 1. The molecule has 0 spiro atoms. The van der Waals surface area contributed by atoms with Crippen molar-refractivity contribution in [1.29, 1.82) is 0 Å². The molecule has 12 nitrogen and oxygen atoms in total. The standard InChI is InChI=1S/C24H25F2N7O5S/c25-20-16(22(34)29-13-17(23(35)36)32-39(37,38)15-5-2-1-3-6-15)7-8-18(21(20)26)33-12-9-19(30-14-33)31-24-27-10-4-11-28-24/h1-3,5-9,12,17,32H,4,10-11,13-14H2,(H,29,34)(H,35,36)(H2,27,28,30,31)/t17-/m0/s1. The minimum absolute atomic E-state index is 0.0319. The summed E-state index contributed by atoms with van der Waals surface area (Å²) in [5, 5.41) is 17.6. The van der Waals surface area contributed by atoms with Gasteiger partial charge >= 0.3 is 5.97 Å². The van der Waals surface area contributed by atoms with E-state index in [9.17, 15) is 31.9 Å². The summed E-state index contributed by atoms with van der Waals surface area (Å²) in [6.07, 6.45) is 3.97. The topological polar surface area (TPSA) is 165 Å². The van der Waals surface area contributed by atoms with Crippen LogP contribution in [-0.2, 0) is 14.8 Å². The van der Waals surface area contributed by atoms with Gasteiger partial charge in [-0.05, 0) is 36.8 Å². The van der Waals surface area contributed by atoms with Crippen molar-refractivity contribution >= 4 is 39.4 Å². The zero-order valence-corrected chi connectivity index (χ0v) is 21.2. The first-order valence-corrected chi connectivity index (χ1v) is 13.2. The summed E-state index contributed by atoms with van der Waals surface area (Å²) in [5.74, 6) is -4.41. The normalized spacial score (nSPS) is 16.0. The summed E-state index contributed by atoms with van der Waals surface area (Å²) in [4.78, 5) is 33.8. The highest BCUT2D eigenvalue weighted by Crippen LogP contribution is 2.25. The summed E-state index contributed by atoms with van der Waals surface area (Å²) in [7, 11) is -4.22. The Bertz CT molecular complexity index is 1450. The zero-order valence-electron chi connectivity index (χ0n) is 20.4. The number of aliphatic imine (C=N–C) groups is 2. The Morgan fingerprint density at radius 1 is 1.10 bits per heavy atom. The Hall–Kier alpha value is -4.37. The monoisotopic (exact) mass is 561 g/mol. The van der Waals surface area contributed by atoms with Crippen LogP contribution in [0.15, 0.2) is 69.6 Å².